The highest BCUT2D eigenvalue weighted by molar-refractivity contribution is 7.93. The Hall–Kier alpha value is -3.92. The summed E-state index contributed by atoms with van der Waals surface area (Å²) < 4.78 is 88.1. The fourth-order valence-electron chi connectivity index (χ4n) is 5.52. The molecule has 1 N–H and O–H groups in total. The number of anilines is 2. The number of ether oxygens (including phenoxy) is 1. The van der Waals surface area contributed by atoms with Crippen molar-refractivity contribution in [3.8, 4) is 0 Å². The van der Waals surface area contributed by atoms with Gasteiger partial charge in [-0.1, -0.05) is 72.8 Å². The van der Waals surface area contributed by atoms with Crippen molar-refractivity contribution in [2.24, 2.45) is 0 Å². The molecule has 4 aromatic carbocycles. The van der Waals surface area contributed by atoms with Crippen LogP contribution in [0.5, 0.6) is 0 Å². The first-order chi connectivity index (χ1) is 24.7. The van der Waals surface area contributed by atoms with Crippen LogP contribution in [0.15, 0.2) is 119 Å². The second-order valence-electron chi connectivity index (χ2n) is 11.2. The van der Waals surface area contributed by atoms with Gasteiger partial charge in [-0.05, 0) is 49.2 Å². The van der Waals surface area contributed by atoms with E-state index in [9.17, 15) is 30.7 Å². The van der Waals surface area contributed by atoms with E-state index in [1.165, 1.54) is 43.4 Å². The molecule has 0 amide bonds. The lowest BCUT2D eigenvalue weighted by atomic mass is 10.2. The van der Waals surface area contributed by atoms with Gasteiger partial charge in [-0.2, -0.15) is 0 Å². The van der Waals surface area contributed by atoms with Crippen LogP contribution in [0.2, 0.25) is 0 Å². The molecule has 0 aliphatic heterocycles. The third kappa shape index (κ3) is 8.43. The number of benzene rings is 4. The summed E-state index contributed by atoms with van der Waals surface area (Å²) in [5.74, 6) is 0. The molecule has 270 valence electrons. The van der Waals surface area contributed by atoms with Gasteiger partial charge in [0.25, 0.3) is 20.0 Å². The second kappa shape index (κ2) is 17.5. The van der Waals surface area contributed by atoms with Crippen molar-refractivity contribution in [1.29, 1.82) is 0 Å². The Morgan fingerprint density at radius 3 is 1.41 bits per heavy atom. The van der Waals surface area contributed by atoms with Gasteiger partial charge < -0.3 is 9.84 Å². The summed E-state index contributed by atoms with van der Waals surface area (Å²) in [6, 6.07) is 31.5. The van der Waals surface area contributed by atoms with Crippen molar-refractivity contribution < 1.29 is 35.5 Å². The molecular formula is C37H38F2N2O6S4. The predicted octanol–water partition coefficient (Wildman–Crippen LogP) is 8.55. The summed E-state index contributed by atoms with van der Waals surface area (Å²) in [7, 11) is -6.06. The van der Waals surface area contributed by atoms with Gasteiger partial charge in [0, 0.05) is 51.5 Å². The number of rotatable bonds is 15. The number of hydrogen-bond acceptors (Lipinski definition) is 8. The summed E-state index contributed by atoms with van der Waals surface area (Å²) >= 11 is 2.68. The van der Waals surface area contributed by atoms with E-state index >= 15 is 0 Å². The highest BCUT2D eigenvalue weighted by Crippen LogP contribution is 2.42. The van der Waals surface area contributed by atoms with Gasteiger partial charge in [0.05, 0.1) is 36.4 Å². The molecule has 0 aliphatic rings. The van der Waals surface area contributed by atoms with Crippen molar-refractivity contribution in [3.05, 3.63) is 120 Å². The maximum atomic E-state index is 13.2. The number of sulfonamides is 2. The summed E-state index contributed by atoms with van der Waals surface area (Å²) in [6.07, 6.45) is 0.220. The number of methoxy groups -OCH3 is 1. The Bertz CT molecular complexity index is 2250. The summed E-state index contributed by atoms with van der Waals surface area (Å²) in [4.78, 5) is 0.342. The van der Waals surface area contributed by atoms with Crippen LogP contribution in [0.3, 0.4) is 0 Å². The average Bonchev–Trinajstić information content (AvgIpc) is 3.71. The summed E-state index contributed by atoms with van der Waals surface area (Å²) in [5.41, 5.74) is 1.37. The van der Waals surface area contributed by atoms with Gasteiger partial charge in [-0.25, -0.2) is 16.8 Å². The molecule has 0 saturated heterocycles. The van der Waals surface area contributed by atoms with Crippen molar-refractivity contribution >= 4 is 72.9 Å². The van der Waals surface area contributed by atoms with Crippen LogP contribution in [-0.4, -0.2) is 55.5 Å². The van der Waals surface area contributed by atoms with Crippen molar-refractivity contribution in [3.63, 3.8) is 0 Å². The van der Waals surface area contributed by atoms with E-state index in [1.54, 1.807) is 55.6 Å². The maximum Gasteiger partial charge on any atom is 0.264 e. The molecule has 0 unspecified atom stereocenters. The molecule has 14 heteroatoms. The van der Waals surface area contributed by atoms with Gasteiger partial charge in [0.15, 0.2) is 0 Å². The molecule has 8 nitrogen and oxygen atoms in total. The lowest BCUT2D eigenvalue weighted by molar-refractivity contribution is 0.186. The molecule has 6 rings (SSSR count). The minimum atomic E-state index is -3.84. The van der Waals surface area contributed by atoms with E-state index in [2.05, 4.69) is 0 Å². The standard InChI is InChI=1S/C19H20FNO3S2.C18H18FNO3S2/c1-24-14-17-16-10-5-6-11-18(16)25-19(17)21(13-7-12-20)26(22,23)15-8-3-2-4-9-15;19-11-6-12-20(25(22,23)14-7-2-1-3-8-14)18-16(13-21)15-9-4-5-10-17(15)24-18/h2-6,8-11H,7,12-14H2,1H3;1-5,7-10,21H,6,11-13H2. The first kappa shape index (κ1) is 38.3. The fourth-order valence-corrected chi connectivity index (χ4v) is 11.5. The van der Waals surface area contributed by atoms with E-state index in [0.717, 1.165) is 25.7 Å². The van der Waals surface area contributed by atoms with Crippen LogP contribution in [0, 0.1) is 0 Å². The quantitative estimate of drug-likeness (QED) is 0.112. The number of nitrogens with zero attached hydrogens (tertiary/aromatic N) is 2. The number of alkyl halides is 2. The third-order valence-corrected chi connectivity index (χ3v) is 14.2. The van der Waals surface area contributed by atoms with Crippen LogP contribution in [0.25, 0.3) is 20.2 Å². The largest absolute Gasteiger partial charge is 0.392 e. The Balaban J connectivity index is 0.000000198. The predicted molar refractivity (Wildman–Crippen MR) is 203 cm³/mol. The van der Waals surface area contributed by atoms with Crippen molar-refractivity contribution in [2.75, 3.05) is 42.2 Å². The Morgan fingerprint density at radius 1 is 0.608 bits per heavy atom. The minimum absolute atomic E-state index is 0.0214. The van der Waals surface area contributed by atoms with Crippen LogP contribution < -0.4 is 8.61 Å². The fraction of sp³-hybridized carbons (Fsp3) is 0.243. The topological polar surface area (TPSA) is 104 Å². The van der Waals surface area contributed by atoms with Gasteiger partial charge in [0.1, 0.15) is 10.0 Å². The number of halogens is 2. The average molecular weight is 773 g/mol. The van der Waals surface area contributed by atoms with Gasteiger partial charge in [-0.3, -0.25) is 17.4 Å². The van der Waals surface area contributed by atoms with E-state index < -0.39 is 33.4 Å². The van der Waals surface area contributed by atoms with E-state index in [1.807, 2.05) is 48.5 Å². The minimum Gasteiger partial charge on any atom is -0.392 e. The van der Waals surface area contributed by atoms with Crippen LogP contribution in [0.4, 0.5) is 18.8 Å². The molecule has 51 heavy (non-hydrogen) atoms. The second-order valence-corrected chi connectivity index (χ2v) is 17.0. The highest BCUT2D eigenvalue weighted by Gasteiger charge is 2.30. The summed E-state index contributed by atoms with van der Waals surface area (Å²) in [5, 5.41) is 12.6. The molecule has 0 aliphatic carbocycles. The van der Waals surface area contributed by atoms with Gasteiger partial charge >= 0.3 is 0 Å². The lowest BCUT2D eigenvalue weighted by Gasteiger charge is -2.24. The number of aliphatic hydroxyl groups excluding tert-OH is 1. The van der Waals surface area contributed by atoms with E-state index in [0.29, 0.717) is 15.6 Å². The zero-order chi connectivity index (χ0) is 36.4. The number of hydrogen-bond donors (Lipinski definition) is 1. The van der Waals surface area contributed by atoms with E-state index in [4.69, 9.17) is 4.74 Å². The monoisotopic (exact) mass is 772 g/mol. The number of fused-ring (bicyclic) bond motifs is 2. The lowest BCUT2D eigenvalue weighted by Crippen LogP contribution is -2.32. The number of thiophene rings is 2. The number of aliphatic hydroxyl groups is 1. The Labute approximate surface area is 305 Å². The van der Waals surface area contributed by atoms with Crippen LogP contribution >= 0.6 is 22.7 Å². The van der Waals surface area contributed by atoms with Crippen LogP contribution in [0.1, 0.15) is 24.0 Å². The highest BCUT2D eigenvalue weighted by atomic mass is 32.2. The van der Waals surface area contributed by atoms with E-state index in [-0.39, 0.29) is 48.9 Å². The normalized spacial score (nSPS) is 11.8. The zero-order valence-corrected chi connectivity index (χ0v) is 31.1. The molecule has 6 aromatic rings. The van der Waals surface area contributed by atoms with Gasteiger partial charge in [-0.15, -0.1) is 22.7 Å². The molecule has 0 atom stereocenters. The van der Waals surface area contributed by atoms with Crippen molar-refractivity contribution in [1.82, 2.24) is 0 Å². The molecule has 0 bridgehead atoms. The third-order valence-electron chi connectivity index (χ3n) is 7.91. The molecule has 0 spiro atoms. The Kier molecular flexibility index (Phi) is 13.2. The molecule has 0 fully saturated rings. The van der Waals surface area contributed by atoms with Crippen LogP contribution in [-0.2, 0) is 38.0 Å². The first-order valence-electron chi connectivity index (χ1n) is 16.1. The molecule has 0 saturated carbocycles. The molecular weight excluding hydrogens is 735 g/mol. The molecule has 2 heterocycles. The summed E-state index contributed by atoms with van der Waals surface area (Å²) in [6.45, 7) is -1.08. The Morgan fingerprint density at radius 2 is 1.00 bits per heavy atom. The first-order valence-corrected chi connectivity index (χ1v) is 20.6. The molecule has 0 radical (unpaired) electrons. The SMILES string of the molecule is COCc1c(N(CCCF)S(=O)(=O)c2ccccc2)sc2ccccc12.O=S(=O)(c1ccccc1)N(CCCF)c1sc2ccccc2c1CO. The van der Waals surface area contributed by atoms with Gasteiger partial charge in [0.2, 0.25) is 0 Å². The zero-order valence-electron chi connectivity index (χ0n) is 27.8. The molecule has 2 aromatic heterocycles. The maximum absolute atomic E-state index is 13.2. The van der Waals surface area contributed by atoms with Crippen molar-refractivity contribution in [2.45, 2.75) is 35.8 Å². The smallest absolute Gasteiger partial charge is 0.264 e.